The van der Waals surface area contributed by atoms with Crippen molar-refractivity contribution in [3.63, 3.8) is 0 Å². The largest absolute Gasteiger partial charge is 0.316 e. The van der Waals surface area contributed by atoms with Crippen LogP contribution in [0.5, 0.6) is 0 Å². The monoisotopic (exact) mass is 561 g/mol. The summed E-state index contributed by atoms with van der Waals surface area (Å²) < 4.78 is 2.47. The number of benzene rings is 6. The quantitative estimate of drug-likeness (QED) is 0.182. The molecule has 0 atom stereocenters. The summed E-state index contributed by atoms with van der Waals surface area (Å²) in [6, 6.07) is 62.1. The van der Waals surface area contributed by atoms with Crippen LogP contribution < -0.4 is 32.0 Å². The molecule has 7 rings (SSSR count). The summed E-state index contributed by atoms with van der Waals surface area (Å²) in [5.74, 6) is 0. The lowest BCUT2D eigenvalue weighted by Gasteiger charge is -2.27. The van der Waals surface area contributed by atoms with E-state index in [2.05, 4.69) is 181 Å². The zero-order valence-electron chi connectivity index (χ0n) is 22.6. The Balaban J connectivity index is 1.52. The lowest BCUT2D eigenvalue weighted by molar-refractivity contribution is 1.13. The van der Waals surface area contributed by atoms with E-state index in [4.69, 9.17) is 0 Å². The van der Waals surface area contributed by atoms with E-state index < -0.39 is 15.8 Å². The first kappa shape index (κ1) is 25.7. The molecule has 0 spiro atoms. The van der Waals surface area contributed by atoms with E-state index >= 15 is 0 Å². The third-order valence-corrected chi connectivity index (χ3v) is 12.4. The maximum absolute atomic E-state index is 2.47. The van der Waals surface area contributed by atoms with Crippen LogP contribution >= 0.6 is 15.8 Å². The molecule has 0 N–H and O–H groups in total. The second-order valence-electron chi connectivity index (χ2n) is 9.90. The van der Waals surface area contributed by atoms with Gasteiger partial charge < -0.3 is 4.57 Å². The summed E-state index contributed by atoms with van der Waals surface area (Å²) in [6.07, 6.45) is 2.26. The van der Waals surface area contributed by atoms with Crippen molar-refractivity contribution in [3.05, 3.63) is 176 Å². The zero-order valence-corrected chi connectivity index (χ0v) is 24.4. The number of fused-ring (bicyclic) bond motifs is 1. The van der Waals surface area contributed by atoms with Crippen molar-refractivity contribution in [2.75, 3.05) is 0 Å². The van der Waals surface area contributed by atoms with Gasteiger partial charge >= 0.3 is 0 Å². The Bertz CT molecular complexity index is 1800. The van der Waals surface area contributed by atoms with E-state index in [-0.39, 0.29) is 0 Å². The minimum Gasteiger partial charge on any atom is -0.316 e. The second-order valence-corrected chi connectivity index (χ2v) is 14.2. The summed E-state index contributed by atoms with van der Waals surface area (Å²) in [5.41, 5.74) is 2.58. The number of nitrogens with zero attached hydrogens (tertiary/aromatic N) is 1. The standard InChI is InChI=1S/C38H29NP2/c1-5-17-31(18-6-1)40(32-19-7-2-8-20-32)37-26-15-29-39(37)36-28-27-30-16-13-14-25-35(30)38(36)41(33-21-9-3-10-22-33)34-23-11-4-12-24-34/h1-29H. The first-order valence-corrected chi connectivity index (χ1v) is 16.6. The first-order chi connectivity index (χ1) is 20.4. The Morgan fingerprint density at radius 3 is 1.37 bits per heavy atom. The van der Waals surface area contributed by atoms with Gasteiger partial charge in [-0.15, -0.1) is 0 Å². The molecule has 0 aliphatic carbocycles. The van der Waals surface area contributed by atoms with Crippen molar-refractivity contribution in [2.45, 2.75) is 0 Å². The molecule has 0 aliphatic heterocycles. The van der Waals surface area contributed by atoms with Gasteiger partial charge in [-0.05, 0) is 58.1 Å². The molecule has 0 amide bonds. The highest BCUT2D eigenvalue weighted by Gasteiger charge is 2.26. The zero-order chi connectivity index (χ0) is 27.4. The molecule has 0 bridgehead atoms. The van der Waals surface area contributed by atoms with Crippen LogP contribution in [0.1, 0.15) is 0 Å². The van der Waals surface area contributed by atoms with E-state index in [1.54, 1.807) is 0 Å². The predicted molar refractivity (Wildman–Crippen MR) is 181 cm³/mol. The van der Waals surface area contributed by atoms with Crippen molar-refractivity contribution in [1.29, 1.82) is 0 Å². The van der Waals surface area contributed by atoms with E-state index in [1.807, 2.05) is 0 Å². The van der Waals surface area contributed by atoms with Crippen molar-refractivity contribution in [3.8, 4) is 5.69 Å². The lowest BCUT2D eigenvalue weighted by Crippen LogP contribution is -2.30. The molecule has 0 unspecified atom stereocenters. The minimum atomic E-state index is -0.825. The van der Waals surface area contributed by atoms with Crippen molar-refractivity contribution in [2.24, 2.45) is 0 Å². The summed E-state index contributed by atoms with van der Waals surface area (Å²) in [6.45, 7) is 0. The molecule has 0 saturated heterocycles. The van der Waals surface area contributed by atoms with Crippen LogP contribution in [0.25, 0.3) is 16.5 Å². The fraction of sp³-hybridized carbons (Fsp3) is 0. The van der Waals surface area contributed by atoms with Gasteiger partial charge in [0.15, 0.2) is 0 Å². The second kappa shape index (κ2) is 11.7. The summed E-state index contributed by atoms with van der Waals surface area (Å²) in [5, 5.41) is 9.39. The lowest BCUT2D eigenvalue weighted by atomic mass is 10.1. The maximum atomic E-state index is 2.47. The fourth-order valence-corrected chi connectivity index (χ4v) is 10.6. The summed E-state index contributed by atoms with van der Waals surface area (Å²) in [4.78, 5) is 0. The van der Waals surface area contributed by atoms with Gasteiger partial charge in [0, 0.05) is 19.4 Å². The van der Waals surface area contributed by atoms with Gasteiger partial charge in [0.05, 0.1) is 11.1 Å². The Labute approximate surface area is 244 Å². The molecule has 1 aromatic heterocycles. The molecule has 0 aliphatic rings. The predicted octanol–water partition coefficient (Wildman–Crippen LogP) is 7.15. The average Bonchev–Trinajstić information content (AvgIpc) is 3.52. The maximum Gasteiger partial charge on any atom is 0.0549 e. The topological polar surface area (TPSA) is 4.93 Å². The first-order valence-electron chi connectivity index (χ1n) is 13.9. The molecule has 6 aromatic carbocycles. The van der Waals surface area contributed by atoms with Crippen LogP contribution in [-0.2, 0) is 0 Å². The van der Waals surface area contributed by atoms with E-state index in [1.165, 1.54) is 48.4 Å². The summed E-state index contributed by atoms with van der Waals surface area (Å²) >= 11 is 0. The van der Waals surface area contributed by atoms with Crippen molar-refractivity contribution < 1.29 is 0 Å². The molecule has 0 fully saturated rings. The van der Waals surface area contributed by atoms with Crippen LogP contribution in [0.2, 0.25) is 0 Å². The minimum absolute atomic E-state index is 0.767. The summed E-state index contributed by atoms with van der Waals surface area (Å²) in [7, 11) is -1.59. The van der Waals surface area contributed by atoms with Gasteiger partial charge in [-0.3, -0.25) is 0 Å². The van der Waals surface area contributed by atoms with Crippen molar-refractivity contribution >= 4 is 58.6 Å². The van der Waals surface area contributed by atoms with Crippen LogP contribution in [0, 0.1) is 0 Å². The molecule has 0 saturated carbocycles. The van der Waals surface area contributed by atoms with Crippen LogP contribution in [0.15, 0.2) is 176 Å². The molecule has 0 radical (unpaired) electrons. The molecular weight excluding hydrogens is 532 g/mol. The van der Waals surface area contributed by atoms with Gasteiger partial charge in [-0.25, -0.2) is 0 Å². The average molecular weight is 562 g/mol. The molecule has 7 aromatic rings. The molecule has 196 valence electrons. The Morgan fingerprint density at radius 2 is 0.829 bits per heavy atom. The highest BCUT2D eigenvalue weighted by Crippen LogP contribution is 2.40. The molecule has 41 heavy (non-hydrogen) atoms. The normalized spacial score (nSPS) is 11.4. The van der Waals surface area contributed by atoms with Gasteiger partial charge in [0.25, 0.3) is 0 Å². The van der Waals surface area contributed by atoms with Crippen LogP contribution in [0.4, 0.5) is 0 Å². The Kier molecular flexibility index (Phi) is 7.31. The number of aromatic nitrogens is 1. The van der Waals surface area contributed by atoms with Gasteiger partial charge in [0.2, 0.25) is 0 Å². The van der Waals surface area contributed by atoms with Crippen LogP contribution in [-0.4, -0.2) is 4.57 Å². The highest BCUT2D eigenvalue weighted by atomic mass is 31.1. The van der Waals surface area contributed by atoms with E-state index in [9.17, 15) is 0 Å². The SMILES string of the molecule is c1ccc(P(c2ccccc2)c2c(-n3cccc3P(c3ccccc3)c3ccccc3)ccc3ccccc23)cc1. The van der Waals surface area contributed by atoms with Gasteiger partial charge in [-0.2, -0.15) is 0 Å². The molecule has 1 heterocycles. The molecule has 1 nitrogen and oxygen atoms in total. The fourth-order valence-electron chi connectivity index (χ4n) is 5.56. The number of rotatable bonds is 7. The highest BCUT2D eigenvalue weighted by molar-refractivity contribution is 7.80. The number of hydrogen-bond donors (Lipinski definition) is 0. The number of hydrogen-bond acceptors (Lipinski definition) is 0. The van der Waals surface area contributed by atoms with Gasteiger partial charge in [-0.1, -0.05) is 152 Å². The smallest absolute Gasteiger partial charge is 0.0549 e. The third-order valence-electron chi connectivity index (χ3n) is 7.38. The van der Waals surface area contributed by atoms with Gasteiger partial charge in [0.1, 0.15) is 0 Å². The molecule has 3 heteroatoms. The molecular formula is C38H29NP2. The third kappa shape index (κ3) is 5.05. The van der Waals surface area contributed by atoms with E-state index in [0.29, 0.717) is 0 Å². The van der Waals surface area contributed by atoms with Crippen molar-refractivity contribution in [1.82, 2.24) is 4.57 Å². The Hall–Kier alpha value is -4.28. The van der Waals surface area contributed by atoms with E-state index in [0.717, 1.165) is 0 Å². The Morgan fingerprint density at radius 1 is 0.366 bits per heavy atom. The van der Waals surface area contributed by atoms with Crippen LogP contribution in [0.3, 0.4) is 0 Å².